The number of nitrogens with two attached hydrogens (primary N) is 1. The number of nitrogens with zero attached hydrogens (tertiary/aromatic N) is 1. The van der Waals surface area contributed by atoms with Gasteiger partial charge in [-0.15, -0.1) is 0 Å². The summed E-state index contributed by atoms with van der Waals surface area (Å²) >= 11 is 0. The highest BCUT2D eigenvalue weighted by Gasteiger charge is 1.84. The van der Waals surface area contributed by atoms with Crippen molar-refractivity contribution in [2.45, 2.75) is 6.92 Å². The molecular weight excluding hydrogens is 148 g/mol. The molecule has 0 amide bonds. The highest BCUT2D eigenvalue weighted by Crippen LogP contribution is 1.80. The van der Waals surface area contributed by atoms with Gasteiger partial charge in [-0.1, -0.05) is 18.7 Å². The molecule has 62 valence electrons. The molecule has 1 rings (SSSR count). The first-order valence-corrected chi connectivity index (χ1v) is 3.75. The summed E-state index contributed by atoms with van der Waals surface area (Å²) in [5.74, 6) is 0. The number of allylic oxidation sites excluding steroid dienone is 1. The minimum absolute atomic E-state index is 0.785. The maximum Gasteiger partial charge on any atom is 0.0633 e. The minimum atomic E-state index is 0.785. The second-order valence-corrected chi connectivity index (χ2v) is 2.54. The molecule has 0 saturated heterocycles. The maximum absolute atomic E-state index is 5.20. The predicted molar refractivity (Wildman–Crippen MR) is 51.5 cm³/mol. The summed E-state index contributed by atoms with van der Waals surface area (Å²) in [6, 6.07) is 3.93. The van der Waals surface area contributed by atoms with Crippen LogP contribution >= 0.6 is 0 Å². The van der Waals surface area contributed by atoms with Crippen molar-refractivity contribution in [1.82, 2.24) is 4.98 Å². The van der Waals surface area contributed by atoms with E-state index in [0.717, 1.165) is 16.3 Å². The molecule has 1 aromatic rings. The topological polar surface area (TPSA) is 38.9 Å². The van der Waals surface area contributed by atoms with E-state index >= 15 is 0 Å². The number of rotatable bonds is 1. The summed E-state index contributed by atoms with van der Waals surface area (Å²) < 4.78 is 0. The molecule has 2 N–H and O–H groups in total. The molecule has 0 unspecified atom stereocenters. The van der Waals surface area contributed by atoms with Gasteiger partial charge in [0.15, 0.2) is 0 Å². The van der Waals surface area contributed by atoms with Crippen LogP contribution in [0.15, 0.2) is 24.4 Å². The van der Waals surface area contributed by atoms with Crippen molar-refractivity contribution in [3.63, 3.8) is 0 Å². The van der Waals surface area contributed by atoms with Crippen molar-refractivity contribution in [3.05, 3.63) is 40.7 Å². The number of hydrogen-bond donors (Lipinski definition) is 1. The van der Waals surface area contributed by atoms with Crippen LogP contribution in [0.4, 0.5) is 0 Å². The second-order valence-electron chi connectivity index (χ2n) is 2.54. The molecule has 12 heavy (non-hydrogen) atoms. The summed E-state index contributed by atoms with van der Waals surface area (Å²) in [7, 11) is 0. The van der Waals surface area contributed by atoms with Crippen molar-refractivity contribution in [2.75, 3.05) is 0 Å². The standard InChI is InChI=1S/C10H12N2/c1-8-5-6-10(4-3-7-11)9(2)12-8/h3-7H,2,11H2,1H3/b7-3-,10-4-. The summed E-state index contributed by atoms with van der Waals surface area (Å²) in [5, 5.41) is 1.79. The van der Waals surface area contributed by atoms with E-state index in [2.05, 4.69) is 11.6 Å². The molecule has 0 saturated carbocycles. The number of aryl methyl sites for hydroxylation is 1. The van der Waals surface area contributed by atoms with Gasteiger partial charge < -0.3 is 5.73 Å². The van der Waals surface area contributed by atoms with Gasteiger partial charge in [-0.25, -0.2) is 0 Å². The molecule has 0 aliphatic carbocycles. The van der Waals surface area contributed by atoms with Crippen LogP contribution in [0.1, 0.15) is 5.69 Å². The van der Waals surface area contributed by atoms with E-state index in [0.29, 0.717) is 0 Å². The van der Waals surface area contributed by atoms with Gasteiger partial charge in [0.2, 0.25) is 0 Å². The fourth-order valence-electron chi connectivity index (χ4n) is 0.932. The predicted octanol–water partition coefficient (Wildman–Crippen LogP) is 0.0532. The molecule has 0 aliphatic rings. The Morgan fingerprint density at radius 3 is 2.83 bits per heavy atom. The van der Waals surface area contributed by atoms with Crippen LogP contribution < -0.4 is 16.3 Å². The molecule has 2 nitrogen and oxygen atoms in total. The number of aromatic nitrogens is 1. The van der Waals surface area contributed by atoms with Crippen LogP contribution in [-0.4, -0.2) is 4.98 Å². The van der Waals surface area contributed by atoms with Crippen molar-refractivity contribution in [2.24, 2.45) is 5.73 Å². The zero-order chi connectivity index (χ0) is 8.97. The van der Waals surface area contributed by atoms with Crippen LogP contribution in [0.2, 0.25) is 0 Å². The van der Waals surface area contributed by atoms with Gasteiger partial charge in [-0.05, 0) is 30.5 Å². The smallest absolute Gasteiger partial charge is 0.0633 e. The monoisotopic (exact) mass is 160 g/mol. The third-order valence-corrected chi connectivity index (χ3v) is 1.54. The van der Waals surface area contributed by atoms with Crippen molar-refractivity contribution in [1.29, 1.82) is 0 Å². The quantitative estimate of drug-likeness (QED) is 0.630. The van der Waals surface area contributed by atoms with Crippen LogP contribution in [0.25, 0.3) is 12.7 Å². The molecule has 0 radical (unpaired) electrons. The fourth-order valence-corrected chi connectivity index (χ4v) is 0.932. The summed E-state index contributed by atoms with van der Waals surface area (Å²) in [4.78, 5) is 4.21. The van der Waals surface area contributed by atoms with E-state index < -0.39 is 0 Å². The highest BCUT2D eigenvalue weighted by molar-refractivity contribution is 5.36. The molecule has 0 aliphatic heterocycles. The molecule has 0 spiro atoms. The van der Waals surface area contributed by atoms with Gasteiger partial charge in [-0.3, -0.25) is 4.98 Å². The van der Waals surface area contributed by atoms with Crippen LogP contribution in [0.5, 0.6) is 0 Å². The largest absolute Gasteiger partial charge is 0.405 e. The Morgan fingerprint density at radius 1 is 1.50 bits per heavy atom. The zero-order valence-electron chi connectivity index (χ0n) is 7.12. The molecule has 0 fully saturated rings. The van der Waals surface area contributed by atoms with Gasteiger partial charge in [0.05, 0.1) is 5.35 Å². The minimum Gasteiger partial charge on any atom is -0.405 e. The van der Waals surface area contributed by atoms with Crippen LogP contribution in [-0.2, 0) is 0 Å². The average Bonchev–Trinajstić information content (AvgIpc) is 2.03. The zero-order valence-corrected chi connectivity index (χ0v) is 7.12. The third-order valence-electron chi connectivity index (χ3n) is 1.54. The van der Waals surface area contributed by atoms with Gasteiger partial charge in [0.1, 0.15) is 0 Å². The lowest BCUT2D eigenvalue weighted by Crippen LogP contribution is -2.26. The van der Waals surface area contributed by atoms with Crippen molar-refractivity contribution in [3.8, 4) is 0 Å². The Morgan fingerprint density at radius 2 is 2.25 bits per heavy atom. The Kier molecular flexibility index (Phi) is 2.64. The molecule has 1 heterocycles. The second kappa shape index (κ2) is 3.72. The highest BCUT2D eigenvalue weighted by atomic mass is 14.7. The van der Waals surface area contributed by atoms with E-state index in [1.54, 1.807) is 6.08 Å². The van der Waals surface area contributed by atoms with E-state index in [1.165, 1.54) is 6.20 Å². The van der Waals surface area contributed by atoms with Crippen molar-refractivity contribution < 1.29 is 0 Å². The average molecular weight is 160 g/mol. The van der Waals surface area contributed by atoms with Crippen LogP contribution in [0.3, 0.4) is 0 Å². The van der Waals surface area contributed by atoms with Crippen molar-refractivity contribution >= 4 is 12.7 Å². The lowest BCUT2D eigenvalue weighted by molar-refractivity contribution is 1.14. The van der Waals surface area contributed by atoms with E-state index in [-0.39, 0.29) is 0 Å². The van der Waals surface area contributed by atoms with Gasteiger partial charge in [0.25, 0.3) is 0 Å². The number of hydrogen-bond acceptors (Lipinski definition) is 2. The Labute approximate surface area is 71.7 Å². The van der Waals surface area contributed by atoms with Crippen LogP contribution in [0, 0.1) is 6.92 Å². The maximum atomic E-state index is 5.20. The molecule has 2 heteroatoms. The summed E-state index contributed by atoms with van der Waals surface area (Å²) in [6.45, 7) is 5.76. The Bertz CT molecular complexity index is 391. The third kappa shape index (κ3) is 1.95. The lowest BCUT2D eigenvalue weighted by atomic mass is 10.3. The Hall–Kier alpha value is -1.57. The SMILES string of the molecule is C=c1nc(C)cc/c1=C/C=C\N. The van der Waals surface area contributed by atoms with E-state index in [9.17, 15) is 0 Å². The van der Waals surface area contributed by atoms with Gasteiger partial charge >= 0.3 is 0 Å². The molecule has 0 bridgehead atoms. The fraction of sp³-hybridized carbons (Fsp3) is 0.100. The molecular formula is C10H12N2. The molecule has 0 atom stereocenters. The van der Waals surface area contributed by atoms with E-state index in [4.69, 9.17) is 5.73 Å². The molecule has 1 aromatic heterocycles. The van der Waals surface area contributed by atoms with Gasteiger partial charge in [0, 0.05) is 5.69 Å². The van der Waals surface area contributed by atoms with E-state index in [1.807, 2.05) is 25.1 Å². The first-order chi connectivity index (χ1) is 5.74. The number of pyridine rings is 1. The first-order valence-electron chi connectivity index (χ1n) is 3.75. The summed E-state index contributed by atoms with van der Waals surface area (Å²) in [5.41, 5.74) is 6.18. The van der Waals surface area contributed by atoms with Gasteiger partial charge in [-0.2, -0.15) is 0 Å². The first kappa shape index (κ1) is 8.53. The normalized spacial score (nSPS) is 12.6. The summed E-state index contributed by atoms with van der Waals surface area (Å²) in [6.07, 6.45) is 5.13. The Balaban J connectivity index is 3.28. The molecule has 0 aromatic carbocycles. The lowest BCUT2D eigenvalue weighted by Gasteiger charge is -1.90.